The number of nitrogens with two attached hydrogens (primary N) is 1. The Morgan fingerprint density at radius 3 is 2.81 bits per heavy atom. The Bertz CT molecular complexity index is 479. The van der Waals surface area contributed by atoms with Gasteiger partial charge in [0.15, 0.2) is 5.72 Å². The van der Waals surface area contributed by atoms with Gasteiger partial charge in [-0.15, -0.1) is 0 Å². The first-order chi connectivity index (χ1) is 7.72. The summed E-state index contributed by atoms with van der Waals surface area (Å²) in [4.78, 5) is 0. The van der Waals surface area contributed by atoms with Crippen LogP contribution >= 0.6 is 0 Å². The summed E-state index contributed by atoms with van der Waals surface area (Å²) < 4.78 is 5.85. The van der Waals surface area contributed by atoms with E-state index in [9.17, 15) is 5.26 Å². The first-order valence-corrected chi connectivity index (χ1v) is 5.70. The Labute approximate surface area is 94.8 Å². The van der Waals surface area contributed by atoms with Crippen LogP contribution in [0, 0.1) is 11.3 Å². The summed E-state index contributed by atoms with van der Waals surface area (Å²) in [5.41, 5.74) is 5.83. The second-order valence-electron chi connectivity index (χ2n) is 4.71. The van der Waals surface area contributed by atoms with Gasteiger partial charge in [-0.2, -0.15) is 5.26 Å². The van der Waals surface area contributed by atoms with Gasteiger partial charge in [0.2, 0.25) is 0 Å². The van der Waals surface area contributed by atoms with Crippen molar-refractivity contribution in [3.63, 3.8) is 0 Å². The number of ether oxygens (including phenoxy) is 1. The average molecular weight is 214 g/mol. The largest absolute Gasteiger partial charge is 0.471 e. The van der Waals surface area contributed by atoms with Gasteiger partial charge in [0, 0.05) is 12.0 Å². The quantitative estimate of drug-likeness (QED) is 0.719. The topological polar surface area (TPSA) is 59.0 Å². The fourth-order valence-electron chi connectivity index (χ4n) is 3.02. The highest BCUT2D eigenvalue weighted by Crippen LogP contribution is 2.53. The van der Waals surface area contributed by atoms with Crippen LogP contribution in [0.3, 0.4) is 0 Å². The second kappa shape index (κ2) is 2.99. The highest BCUT2D eigenvalue weighted by Gasteiger charge is 2.59. The summed E-state index contributed by atoms with van der Waals surface area (Å²) in [6.07, 6.45) is 3.64. The number of nitrogens with zero attached hydrogens (tertiary/aromatic N) is 1. The summed E-state index contributed by atoms with van der Waals surface area (Å²) in [6, 6.07) is 10.2. The van der Waals surface area contributed by atoms with Gasteiger partial charge in [-0.1, -0.05) is 24.6 Å². The van der Waals surface area contributed by atoms with E-state index in [1.807, 2.05) is 24.3 Å². The third-order valence-electron chi connectivity index (χ3n) is 3.90. The maximum Gasteiger partial charge on any atom is 0.181 e. The monoisotopic (exact) mass is 214 g/mol. The Morgan fingerprint density at radius 2 is 2.00 bits per heavy atom. The van der Waals surface area contributed by atoms with Crippen LogP contribution in [0.1, 0.15) is 31.2 Å². The zero-order valence-electron chi connectivity index (χ0n) is 9.07. The van der Waals surface area contributed by atoms with Crippen LogP contribution in [-0.2, 0) is 5.41 Å². The van der Waals surface area contributed by atoms with Gasteiger partial charge < -0.3 is 4.74 Å². The predicted molar refractivity (Wildman–Crippen MR) is 59.7 cm³/mol. The molecule has 16 heavy (non-hydrogen) atoms. The molecule has 0 spiro atoms. The molecule has 0 aromatic heterocycles. The van der Waals surface area contributed by atoms with Crippen molar-refractivity contribution < 1.29 is 4.74 Å². The zero-order valence-corrected chi connectivity index (χ0v) is 9.07. The number of fused-ring (bicyclic) bond motifs is 3. The number of hydrogen-bond donors (Lipinski definition) is 1. The van der Waals surface area contributed by atoms with E-state index in [4.69, 9.17) is 10.5 Å². The van der Waals surface area contributed by atoms with Crippen LogP contribution in [0.25, 0.3) is 0 Å². The minimum Gasteiger partial charge on any atom is -0.471 e. The summed E-state index contributed by atoms with van der Waals surface area (Å²) in [5.74, 6) is 0.786. The van der Waals surface area contributed by atoms with E-state index in [0.29, 0.717) is 0 Å². The molecule has 1 saturated carbocycles. The van der Waals surface area contributed by atoms with Crippen molar-refractivity contribution in [3.05, 3.63) is 29.8 Å². The molecule has 0 bridgehead atoms. The lowest BCUT2D eigenvalue weighted by Gasteiger charge is -2.40. The summed E-state index contributed by atoms with van der Waals surface area (Å²) in [7, 11) is 0. The van der Waals surface area contributed by atoms with Crippen molar-refractivity contribution in [2.45, 2.75) is 36.8 Å². The van der Waals surface area contributed by atoms with E-state index in [2.05, 4.69) is 6.07 Å². The molecule has 2 N–H and O–H groups in total. The summed E-state index contributed by atoms with van der Waals surface area (Å²) in [5, 5.41) is 9.55. The van der Waals surface area contributed by atoms with Gasteiger partial charge in [0.1, 0.15) is 11.2 Å². The predicted octanol–water partition coefficient (Wildman–Crippen LogP) is 2.07. The molecule has 0 saturated heterocycles. The number of para-hydroxylation sites is 1. The van der Waals surface area contributed by atoms with Gasteiger partial charge in [0.25, 0.3) is 0 Å². The van der Waals surface area contributed by atoms with Crippen molar-refractivity contribution in [2.75, 3.05) is 0 Å². The fourth-order valence-corrected chi connectivity index (χ4v) is 3.02. The third-order valence-corrected chi connectivity index (χ3v) is 3.90. The van der Waals surface area contributed by atoms with Gasteiger partial charge in [-0.05, 0) is 18.9 Å². The standard InChI is InChI=1S/C13H14N2O/c14-9-12-7-3-4-8-13(12,15)16-11-6-2-1-5-10(11)12/h1-2,5-6H,3-4,7-8,15H2/t12-,13+/m0/s1. The normalized spacial score (nSPS) is 35.8. The highest BCUT2D eigenvalue weighted by atomic mass is 16.5. The molecule has 3 nitrogen and oxygen atoms in total. The molecule has 1 aliphatic heterocycles. The molecule has 3 rings (SSSR count). The summed E-state index contributed by atoms with van der Waals surface area (Å²) in [6.45, 7) is 0. The Morgan fingerprint density at radius 1 is 1.25 bits per heavy atom. The SMILES string of the molecule is N#C[C@]12CCCC[C@@]1(N)Oc1ccccc12. The van der Waals surface area contributed by atoms with Crippen LogP contribution < -0.4 is 10.5 Å². The fraction of sp³-hybridized carbons (Fsp3) is 0.462. The van der Waals surface area contributed by atoms with Crippen molar-refractivity contribution >= 4 is 0 Å². The number of benzene rings is 1. The second-order valence-corrected chi connectivity index (χ2v) is 4.71. The molecule has 1 fully saturated rings. The number of nitriles is 1. The third kappa shape index (κ3) is 0.954. The first kappa shape index (κ1) is 9.68. The van der Waals surface area contributed by atoms with Crippen LogP contribution in [0.15, 0.2) is 24.3 Å². The van der Waals surface area contributed by atoms with Crippen LogP contribution in [-0.4, -0.2) is 5.72 Å². The van der Waals surface area contributed by atoms with Crippen molar-refractivity contribution in [2.24, 2.45) is 5.73 Å². The molecule has 1 aromatic rings. The molecule has 0 radical (unpaired) electrons. The maximum absolute atomic E-state index is 9.55. The van der Waals surface area contributed by atoms with E-state index in [1.165, 1.54) is 0 Å². The van der Waals surface area contributed by atoms with E-state index in [0.717, 1.165) is 37.0 Å². The molecule has 0 unspecified atom stereocenters. The van der Waals surface area contributed by atoms with Crippen LogP contribution in [0.4, 0.5) is 0 Å². The molecule has 1 aliphatic carbocycles. The Balaban J connectivity index is 2.23. The Hall–Kier alpha value is -1.53. The van der Waals surface area contributed by atoms with Crippen molar-refractivity contribution in [1.29, 1.82) is 5.26 Å². The molecule has 2 atom stereocenters. The minimum absolute atomic E-state index is 0.637. The average Bonchev–Trinajstić information content (AvgIpc) is 2.57. The first-order valence-electron chi connectivity index (χ1n) is 5.70. The number of rotatable bonds is 0. The molecular formula is C13H14N2O. The summed E-state index contributed by atoms with van der Waals surface area (Å²) >= 11 is 0. The van der Waals surface area contributed by atoms with Crippen LogP contribution in [0.2, 0.25) is 0 Å². The lowest BCUT2D eigenvalue weighted by Crippen LogP contribution is -2.59. The van der Waals surface area contributed by atoms with Crippen molar-refractivity contribution in [3.8, 4) is 11.8 Å². The molecule has 1 aromatic carbocycles. The van der Waals surface area contributed by atoms with Crippen LogP contribution in [0.5, 0.6) is 5.75 Å². The number of hydrogen-bond acceptors (Lipinski definition) is 3. The molecule has 3 heteroatoms. The molecule has 0 amide bonds. The lowest BCUT2D eigenvalue weighted by atomic mass is 9.66. The maximum atomic E-state index is 9.55. The Kier molecular flexibility index (Phi) is 1.81. The van der Waals surface area contributed by atoms with E-state index in [-0.39, 0.29) is 0 Å². The van der Waals surface area contributed by atoms with E-state index >= 15 is 0 Å². The molecule has 1 heterocycles. The zero-order chi connectivity index (χ0) is 11.2. The minimum atomic E-state index is -0.816. The van der Waals surface area contributed by atoms with E-state index in [1.54, 1.807) is 0 Å². The lowest BCUT2D eigenvalue weighted by molar-refractivity contribution is 0.0126. The smallest absolute Gasteiger partial charge is 0.181 e. The van der Waals surface area contributed by atoms with E-state index < -0.39 is 11.1 Å². The van der Waals surface area contributed by atoms with Gasteiger partial charge in [0.05, 0.1) is 6.07 Å². The highest BCUT2D eigenvalue weighted by molar-refractivity contribution is 5.51. The van der Waals surface area contributed by atoms with Crippen molar-refractivity contribution in [1.82, 2.24) is 0 Å². The molecular weight excluding hydrogens is 200 g/mol. The van der Waals surface area contributed by atoms with Gasteiger partial charge in [-0.25, -0.2) is 0 Å². The van der Waals surface area contributed by atoms with Gasteiger partial charge in [-0.3, -0.25) is 5.73 Å². The molecule has 2 aliphatic rings. The van der Waals surface area contributed by atoms with Gasteiger partial charge >= 0.3 is 0 Å². The molecule has 82 valence electrons.